The standard InChI is InChI=1S/C11H8ClNO2S2/c12-6-1-2-9-7(3-6)10(14)13-5-16-4-8(13)11(15)17-9/h1-3,8H,4-5H2/t8-/m1/s1. The van der Waals surface area contributed by atoms with Gasteiger partial charge in [-0.1, -0.05) is 11.6 Å². The first-order valence-electron chi connectivity index (χ1n) is 5.07. The Morgan fingerprint density at radius 1 is 1.35 bits per heavy atom. The van der Waals surface area contributed by atoms with Gasteiger partial charge in [0.05, 0.1) is 11.4 Å². The number of thioether (sulfide) groups is 2. The summed E-state index contributed by atoms with van der Waals surface area (Å²) >= 11 is 8.67. The van der Waals surface area contributed by atoms with Crippen molar-refractivity contribution in [2.24, 2.45) is 0 Å². The van der Waals surface area contributed by atoms with Crippen LogP contribution in [0, 0.1) is 0 Å². The first-order valence-corrected chi connectivity index (χ1v) is 7.41. The van der Waals surface area contributed by atoms with E-state index in [1.165, 1.54) is 0 Å². The van der Waals surface area contributed by atoms with E-state index in [0.29, 0.717) is 27.1 Å². The number of hydrogen-bond donors (Lipinski definition) is 0. The van der Waals surface area contributed by atoms with Crippen molar-refractivity contribution in [3.05, 3.63) is 28.8 Å². The van der Waals surface area contributed by atoms with Crippen LogP contribution in [0.25, 0.3) is 0 Å². The predicted octanol–water partition coefficient (Wildman–Crippen LogP) is 2.49. The van der Waals surface area contributed by atoms with Crippen LogP contribution in [0.15, 0.2) is 23.1 Å². The molecule has 1 atom stereocenters. The fourth-order valence-corrected chi connectivity index (χ4v) is 4.31. The van der Waals surface area contributed by atoms with E-state index in [0.717, 1.165) is 11.8 Å². The van der Waals surface area contributed by atoms with Crippen LogP contribution in [-0.4, -0.2) is 33.6 Å². The highest BCUT2D eigenvalue weighted by atomic mass is 35.5. The van der Waals surface area contributed by atoms with Crippen LogP contribution >= 0.6 is 35.1 Å². The van der Waals surface area contributed by atoms with Gasteiger partial charge in [-0.3, -0.25) is 9.59 Å². The van der Waals surface area contributed by atoms with E-state index in [1.807, 2.05) is 0 Å². The maximum atomic E-state index is 12.3. The normalized spacial score (nSPS) is 23.4. The van der Waals surface area contributed by atoms with Crippen molar-refractivity contribution in [3.8, 4) is 0 Å². The molecule has 0 aromatic heterocycles. The Kier molecular flexibility index (Phi) is 2.84. The highest BCUT2D eigenvalue weighted by molar-refractivity contribution is 8.14. The molecule has 0 N–H and O–H groups in total. The summed E-state index contributed by atoms with van der Waals surface area (Å²) < 4.78 is 0. The molecule has 0 saturated carbocycles. The van der Waals surface area contributed by atoms with Gasteiger partial charge in [0.15, 0.2) is 0 Å². The zero-order chi connectivity index (χ0) is 12.0. The molecule has 1 aromatic carbocycles. The molecule has 2 aliphatic heterocycles. The molecule has 1 saturated heterocycles. The van der Waals surface area contributed by atoms with Gasteiger partial charge in [0, 0.05) is 15.7 Å². The Morgan fingerprint density at radius 3 is 3.00 bits per heavy atom. The second-order valence-corrected chi connectivity index (χ2v) is 6.33. The molecule has 88 valence electrons. The number of rotatable bonds is 0. The summed E-state index contributed by atoms with van der Waals surface area (Å²) in [6, 6.07) is 4.81. The van der Waals surface area contributed by atoms with Crippen molar-refractivity contribution >= 4 is 46.1 Å². The summed E-state index contributed by atoms with van der Waals surface area (Å²) in [4.78, 5) is 26.7. The van der Waals surface area contributed by atoms with Crippen LogP contribution in [0.1, 0.15) is 10.4 Å². The second kappa shape index (κ2) is 4.23. The van der Waals surface area contributed by atoms with Crippen LogP contribution in [0.2, 0.25) is 5.02 Å². The molecule has 1 fully saturated rings. The van der Waals surface area contributed by atoms with Crippen molar-refractivity contribution in [1.82, 2.24) is 4.90 Å². The summed E-state index contributed by atoms with van der Waals surface area (Å²) in [5, 5.41) is 0.569. The Labute approximate surface area is 112 Å². The van der Waals surface area contributed by atoms with Crippen molar-refractivity contribution in [2.75, 3.05) is 11.6 Å². The quantitative estimate of drug-likeness (QED) is 0.734. The minimum absolute atomic E-state index is 0.0458. The second-order valence-electron chi connectivity index (χ2n) is 3.85. The van der Waals surface area contributed by atoms with E-state index in [2.05, 4.69) is 0 Å². The lowest BCUT2D eigenvalue weighted by Crippen LogP contribution is -2.39. The van der Waals surface area contributed by atoms with E-state index >= 15 is 0 Å². The summed E-state index contributed by atoms with van der Waals surface area (Å²) in [5.41, 5.74) is 0.542. The lowest BCUT2D eigenvalue weighted by atomic mass is 10.2. The summed E-state index contributed by atoms with van der Waals surface area (Å²) in [7, 11) is 0. The van der Waals surface area contributed by atoms with Crippen molar-refractivity contribution in [1.29, 1.82) is 0 Å². The van der Waals surface area contributed by atoms with E-state index in [4.69, 9.17) is 11.6 Å². The fraction of sp³-hybridized carbons (Fsp3) is 0.273. The van der Waals surface area contributed by atoms with Crippen LogP contribution in [0.3, 0.4) is 0 Å². The minimum Gasteiger partial charge on any atom is -0.318 e. The predicted molar refractivity (Wildman–Crippen MR) is 69.6 cm³/mol. The first kappa shape index (κ1) is 11.4. The molecule has 1 amide bonds. The maximum absolute atomic E-state index is 12.3. The third-order valence-electron chi connectivity index (χ3n) is 2.80. The maximum Gasteiger partial charge on any atom is 0.256 e. The van der Waals surface area contributed by atoms with Crippen molar-refractivity contribution in [3.63, 3.8) is 0 Å². The third kappa shape index (κ3) is 1.86. The minimum atomic E-state index is -0.288. The number of halogens is 1. The smallest absolute Gasteiger partial charge is 0.256 e. The monoisotopic (exact) mass is 285 g/mol. The molecule has 17 heavy (non-hydrogen) atoms. The van der Waals surface area contributed by atoms with Crippen LogP contribution in [0.4, 0.5) is 0 Å². The molecule has 3 rings (SSSR count). The Bertz CT molecular complexity index is 520. The van der Waals surface area contributed by atoms with E-state index in [1.54, 1.807) is 34.9 Å². The molecule has 2 heterocycles. The summed E-state index contributed by atoms with van der Waals surface area (Å²) in [6.07, 6.45) is 0. The number of nitrogens with zero attached hydrogens (tertiary/aromatic N) is 1. The van der Waals surface area contributed by atoms with Gasteiger partial charge in [-0.05, 0) is 30.0 Å². The van der Waals surface area contributed by atoms with E-state index < -0.39 is 0 Å². The molecule has 0 aliphatic carbocycles. The van der Waals surface area contributed by atoms with Gasteiger partial charge in [-0.2, -0.15) is 0 Å². The highest BCUT2D eigenvalue weighted by Crippen LogP contribution is 2.36. The molecule has 1 aromatic rings. The molecular weight excluding hydrogens is 278 g/mol. The Balaban J connectivity index is 2.12. The lowest BCUT2D eigenvalue weighted by Gasteiger charge is -2.19. The molecular formula is C11H8ClNO2S2. The Hall–Kier alpha value is -0.650. The Morgan fingerprint density at radius 2 is 2.18 bits per heavy atom. The van der Waals surface area contributed by atoms with Crippen LogP contribution < -0.4 is 0 Å². The van der Waals surface area contributed by atoms with Gasteiger partial charge < -0.3 is 4.90 Å². The van der Waals surface area contributed by atoms with Crippen LogP contribution in [-0.2, 0) is 4.79 Å². The largest absolute Gasteiger partial charge is 0.318 e. The zero-order valence-corrected chi connectivity index (χ0v) is 11.1. The zero-order valence-electron chi connectivity index (χ0n) is 8.68. The summed E-state index contributed by atoms with van der Waals surface area (Å²) in [5.74, 6) is 1.19. The van der Waals surface area contributed by atoms with Gasteiger partial charge in [0.1, 0.15) is 6.04 Å². The number of carbonyl (C=O) groups is 2. The topological polar surface area (TPSA) is 37.4 Å². The number of benzene rings is 1. The molecule has 2 aliphatic rings. The van der Waals surface area contributed by atoms with Gasteiger partial charge in [-0.15, -0.1) is 11.8 Å². The van der Waals surface area contributed by atoms with Crippen molar-refractivity contribution < 1.29 is 9.59 Å². The number of carbonyl (C=O) groups excluding carboxylic acids is 2. The molecule has 0 radical (unpaired) electrons. The molecule has 0 bridgehead atoms. The van der Waals surface area contributed by atoms with Gasteiger partial charge in [-0.25, -0.2) is 0 Å². The first-order chi connectivity index (χ1) is 8.16. The average Bonchev–Trinajstić information content (AvgIpc) is 2.76. The number of fused-ring (bicyclic) bond motifs is 2. The SMILES string of the molecule is O=C1Sc2ccc(Cl)cc2C(=O)N2CSC[C@H]12. The molecule has 0 spiro atoms. The summed E-state index contributed by atoms with van der Waals surface area (Å²) in [6.45, 7) is 0. The van der Waals surface area contributed by atoms with Gasteiger partial charge in [0.25, 0.3) is 5.91 Å². The third-order valence-corrected chi connectivity index (χ3v) is 5.09. The fourth-order valence-electron chi connectivity index (χ4n) is 1.93. The van der Waals surface area contributed by atoms with E-state index in [-0.39, 0.29) is 17.1 Å². The average molecular weight is 286 g/mol. The van der Waals surface area contributed by atoms with Gasteiger partial charge in [0.2, 0.25) is 5.12 Å². The van der Waals surface area contributed by atoms with Gasteiger partial charge >= 0.3 is 0 Å². The van der Waals surface area contributed by atoms with Crippen LogP contribution in [0.5, 0.6) is 0 Å². The molecule has 3 nitrogen and oxygen atoms in total. The number of amides is 1. The van der Waals surface area contributed by atoms with Crippen molar-refractivity contribution in [2.45, 2.75) is 10.9 Å². The number of hydrogen-bond acceptors (Lipinski definition) is 4. The highest BCUT2D eigenvalue weighted by Gasteiger charge is 2.39. The molecule has 6 heteroatoms. The van der Waals surface area contributed by atoms with E-state index in [9.17, 15) is 9.59 Å². The lowest BCUT2D eigenvalue weighted by molar-refractivity contribution is -0.113. The molecule has 0 unspecified atom stereocenters.